The Morgan fingerprint density at radius 1 is 1.32 bits per heavy atom. The van der Waals surface area contributed by atoms with Crippen LogP contribution in [-0.2, 0) is 9.53 Å². The number of rotatable bonds is 6. The van der Waals surface area contributed by atoms with Crippen molar-refractivity contribution in [3.8, 4) is 5.75 Å². The summed E-state index contributed by atoms with van der Waals surface area (Å²) in [6, 6.07) is 5.60. The molecule has 6 heteroatoms. The van der Waals surface area contributed by atoms with E-state index < -0.39 is 0 Å². The minimum Gasteiger partial charge on any atom is -0.484 e. The van der Waals surface area contributed by atoms with Crippen LogP contribution in [0.15, 0.2) is 24.3 Å². The van der Waals surface area contributed by atoms with Crippen molar-refractivity contribution in [2.75, 3.05) is 39.5 Å². The fraction of sp³-hybridized carbons (Fsp3) is 0.562. The van der Waals surface area contributed by atoms with E-state index in [1.54, 1.807) is 0 Å². The van der Waals surface area contributed by atoms with Crippen molar-refractivity contribution in [1.82, 2.24) is 10.2 Å². The van der Waals surface area contributed by atoms with Crippen molar-refractivity contribution in [3.05, 3.63) is 30.1 Å². The van der Waals surface area contributed by atoms with Crippen molar-refractivity contribution in [3.63, 3.8) is 0 Å². The average molecular weight is 310 g/mol. The van der Waals surface area contributed by atoms with Crippen LogP contribution in [0, 0.1) is 5.82 Å². The summed E-state index contributed by atoms with van der Waals surface area (Å²) < 4.78 is 23.4. The van der Waals surface area contributed by atoms with Gasteiger partial charge in [-0.05, 0) is 38.1 Å². The van der Waals surface area contributed by atoms with E-state index in [9.17, 15) is 9.18 Å². The minimum atomic E-state index is -0.330. The van der Waals surface area contributed by atoms with Gasteiger partial charge in [-0.2, -0.15) is 0 Å². The molecule has 0 atom stereocenters. The molecule has 2 rings (SSSR count). The number of nitrogens with zero attached hydrogens (tertiary/aromatic N) is 1. The first-order valence-electron chi connectivity index (χ1n) is 7.45. The summed E-state index contributed by atoms with van der Waals surface area (Å²) in [7, 11) is 0. The van der Waals surface area contributed by atoms with Crippen LogP contribution in [0.3, 0.4) is 0 Å². The van der Waals surface area contributed by atoms with Crippen molar-refractivity contribution < 1.29 is 18.7 Å². The van der Waals surface area contributed by atoms with Crippen molar-refractivity contribution in [2.45, 2.75) is 19.4 Å². The number of morpholine rings is 1. The van der Waals surface area contributed by atoms with E-state index in [4.69, 9.17) is 9.47 Å². The number of hydrogen-bond donors (Lipinski definition) is 1. The number of carbonyl (C=O) groups excluding carboxylic acids is 1. The Bertz CT molecular complexity index is 485. The summed E-state index contributed by atoms with van der Waals surface area (Å²) >= 11 is 0. The Morgan fingerprint density at radius 3 is 2.59 bits per heavy atom. The van der Waals surface area contributed by atoms with Gasteiger partial charge in [0.05, 0.1) is 13.2 Å². The molecule has 1 fully saturated rings. The average Bonchev–Trinajstić information content (AvgIpc) is 2.53. The lowest BCUT2D eigenvalue weighted by atomic mass is 10.0. The second-order valence-electron chi connectivity index (χ2n) is 5.93. The molecule has 1 aromatic carbocycles. The molecule has 0 bridgehead atoms. The lowest BCUT2D eigenvalue weighted by molar-refractivity contribution is -0.123. The molecule has 0 radical (unpaired) electrons. The van der Waals surface area contributed by atoms with Crippen molar-refractivity contribution in [2.24, 2.45) is 0 Å². The highest BCUT2D eigenvalue weighted by Crippen LogP contribution is 2.15. The van der Waals surface area contributed by atoms with E-state index >= 15 is 0 Å². The molecule has 0 aliphatic carbocycles. The van der Waals surface area contributed by atoms with Gasteiger partial charge in [0.15, 0.2) is 6.61 Å². The lowest BCUT2D eigenvalue weighted by Crippen LogP contribution is -2.55. The molecule has 1 aromatic rings. The fourth-order valence-electron chi connectivity index (χ4n) is 2.33. The van der Waals surface area contributed by atoms with Crippen LogP contribution in [0.2, 0.25) is 0 Å². The first-order valence-corrected chi connectivity index (χ1v) is 7.45. The van der Waals surface area contributed by atoms with Gasteiger partial charge in [-0.15, -0.1) is 0 Å². The van der Waals surface area contributed by atoms with Crippen LogP contribution >= 0.6 is 0 Å². The van der Waals surface area contributed by atoms with Crippen LogP contribution in [-0.4, -0.2) is 55.8 Å². The summed E-state index contributed by atoms with van der Waals surface area (Å²) in [5.41, 5.74) is -0.130. The van der Waals surface area contributed by atoms with Gasteiger partial charge >= 0.3 is 0 Å². The first-order chi connectivity index (χ1) is 10.5. The van der Waals surface area contributed by atoms with Gasteiger partial charge in [0.1, 0.15) is 11.6 Å². The van der Waals surface area contributed by atoms with E-state index in [1.807, 2.05) is 0 Å². The third-order valence-corrected chi connectivity index (χ3v) is 3.77. The van der Waals surface area contributed by atoms with Gasteiger partial charge in [0, 0.05) is 25.2 Å². The fourth-order valence-corrected chi connectivity index (χ4v) is 2.33. The normalized spacial score (nSPS) is 16.3. The zero-order valence-electron chi connectivity index (χ0n) is 13.1. The summed E-state index contributed by atoms with van der Waals surface area (Å²) in [5.74, 6) is -0.0429. The zero-order chi connectivity index (χ0) is 16.0. The van der Waals surface area contributed by atoms with E-state index in [0.717, 1.165) is 26.3 Å². The number of nitrogens with one attached hydrogen (secondary N) is 1. The highest BCUT2D eigenvalue weighted by Gasteiger charge is 2.28. The van der Waals surface area contributed by atoms with E-state index in [0.29, 0.717) is 12.3 Å². The van der Waals surface area contributed by atoms with Crippen LogP contribution in [0.25, 0.3) is 0 Å². The monoisotopic (exact) mass is 310 g/mol. The summed E-state index contributed by atoms with van der Waals surface area (Å²) in [6.45, 7) is 7.85. The van der Waals surface area contributed by atoms with Crippen LogP contribution in [0.4, 0.5) is 4.39 Å². The SMILES string of the molecule is CC(C)(CNC(=O)COc1ccc(F)cc1)N1CCOCC1. The van der Waals surface area contributed by atoms with Crippen molar-refractivity contribution in [1.29, 1.82) is 0 Å². The van der Waals surface area contributed by atoms with Gasteiger partial charge in [-0.3, -0.25) is 9.69 Å². The molecule has 1 N–H and O–H groups in total. The number of hydrogen-bond acceptors (Lipinski definition) is 4. The first kappa shape index (κ1) is 16.7. The summed E-state index contributed by atoms with van der Waals surface area (Å²) in [5, 5.41) is 2.88. The molecule has 0 saturated carbocycles. The number of benzene rings is 1. The molecule has 1 aliphatic heterocycles. The van der Waals surface area contributed by atoms with E-state index in [2.05, 4.69) is 24.1 Å². The quantitative estimate of drug-likeness (QED) is 0.864. The Kier molecular flexibility index (Phi) is 5.74. The Morgan fingerprint density at radius 2 is 1.95 bits per heavy atom. The second kappa shape index (κ2) is 7.56. The molecule has 22 heavy (non-hydrogen) atoms. The Balaban J connectivity index is 1.73. The lowest BCUT2D eigenvalue weighted by Gasteiger charge is -2.40. The van der Waals surface area contributed by atoms with Gasteiger partial charge in [0.25, 0.3) is 5.91 Å². The molecule has 0 aromatic heterocycles. The number of halogens is 1. The Labute approximate surface area is 130 Å². The van der Waals surface area contributed by atoms with E-state index in [-0.39, 0.29) is 23.9 Å². The maximum Gasteiger partial charge on any atom is 0.258 e. The number of ether oxygens (including phenoxy) is 2. The largest absolute Gasteiger partial charge is 0.484 e. The molecular formula is C16H23FN2O3. The van der Waals surface area contributed by atoms with Gasteiger partial charge in [0.2, 0.25) is 0 Å². The topological polar surface area (TPSA) is 50.8 Å². The third-order valence-electron chi connectivity index (χ3n) is 3.77. The predicted molar refractivity (Wildman–Crippen MR) is 81.4 cm³/mol. The highest BCUT2D eigenvalue weighted by atomic mass is 19.1. The molecule has 0 spiro atoms. The molecule has 1 aliphatic rings. The highest BCUT2D eigenvalue weighted by molar-refractivity contribution is 5.77. The molecule has 0 unspecified atom stereocenters. The van der Waals surface area contributed by atoms with Gasteiger partial charge in [-0.25, -0.2) is 4.39 Å². The molecule has 1 amide bonds. The third kappa shape index (κ3) is 4.96. The summed E-state index contributed by atoms with van der Waals surface area (Å²) in [4.78, 5) is 14.2. The van der Waals surface area contributed by atoms with Gasteiger partial charge in [-0.1, -0.05) is 0 Å². The van der Waals surface area contributed by atoms with Crippen LogP contribution < -0.4 is 10.1 Å². The molecule has 1 saturated heterocycles. The number of carbonyl (C=O) groups is 1. The molecular weight excluding hydrogens is 287 g/mol. The maximum atomic E-state index is 12.8. The van der Waals surface area contributed by atoms with E-state index in [1.165, 1.54) is 24.3 Å². The van der Waals surface area contributed by atoms with Crippen LogP contribution in [0.5, 0.6) is 5.75 Å². The van der Waals surface area contributed by atoms with Crippen molar-refractivity contribution >= 4 is 5.91 Å². The zero-order valence-corrected chi connectivity index (χ0v) is 13.1. The Hall–Kier alpha value is -1.66. The second-order valence-corrected chi connectivity index (χ2v) is 5.93. The predicted octanol–water partition coefficient (Wildman–Crippen LogP) is 1.43. The van der Waals surface area contributed by atoms with Crippen LogP contribution in [0.1, 0.15) is 13.8 Å². The molecule has 1 heterocycles. The molecule has 122 valence electrons. The smallest absolute Gasteiger partial charge is 0.258 e. The summed E-state index contributed by atoms with van der Waals surface area (Å²) in [6.07, 6.45) is 0. The van der Waals surface area contributed by atoms with Gasteiger partial charge < -0.3 is 14.8 Å². The maximum absolute atomic E-state index is 12.8. The standard InChI is InChI=1S/C16H23FN2O3/c1-16(2,19-7-9-21-10-8-19)12-18-15(20)11-22-14-5-3-13(17)4-6-14/h3-6H,7-12H2,1-2H3,(H,18,20). The minimum absolute atomic E-state index is 0.0785. The molecule has 5 nitrogen and oxygen atoms in total. The number of amides is 1.